The van der Waals surface area contributed by atoms with Crippen LogP contribution in [-0.4, -0.2) is 47.4 Å². The Bertz CT molecular complexity index is 1460. The third-order valence-electron chi connectivity index (χ3n) is 20.5. The number of ether oxygens (including phenoxy) is 1. The van der Waals surface area contributed by atoms with Gasteiger partial charge in [-0.15, -0.1) is 0 Å². The second kappa shape index (κ2) is 82.8. The first kappa shape index (κ1) is 91.3. The third kappa shape index (κ3) is 79.2. The molecule has 552 valence electrons. The van der Waals surface area contributed by atoms with Crippen LogP contribution in [0, 0.1) is 0 Å². The molecule has 0 aliphatic carbocycles. The zero-order chi connectivity index (χ0) is 67.0. The molecular formula is C87H169NO5. The Morgan fingerprint density at radius 3 is 0.839 bits per heavy atom. The largest absolute Gasteiger partial charge is 0.466 e. The lowest BCUT2D eigenvalue weighted by Gasteiger charge is -2.22. The number of esters is 1. The van der Waals surface area contributed by atoms with Crippen molar-refractivity contribution >= 4 is 11.9 Å². The van der Waals surface area contributed by atoms with Crippen LogP contribution in [0.15, 0.2) is 24.3 Å². The van der Waals surface area contributed by atoms with Crippen molar-refractivity contribution in [2.45, 2.75) is 508 Å². The average Bonchev–Trinajstić information content (AvgIpc) is 3.78. The molecule has 93 heavy (non-hydrogen) atoms. The van der Waals surface area contributed by atoms with E-state index in [1.165, 1.54) is 417 Å². The van der Waals surface area contributed by atoms with Crippen LogP contribution in [0.4, 0.5) is 0 Å². The van der Waals surface area contributed by atoms with Crippen LogP contribution in [0.1, 0.15) is 495 Å². The number of carbonyl (C=O) groups excluding carboxylic acids is 2. The van der Waals surface area contributed by atoms with E-state index in [0.29, 0.717) is 25.9 Å². The van der Waals surface area contributed by atoms with Crippen LogP contribution in [0.5, 0.6) is 0 Å². The van der Waals surface area contributed by atoms with Crippen LogP contribution in [0.3, 0.4) is 0 Å². The summed E-state index contributed by atoms with van der Waals surface area (Å²) in [5.74, 6) is -0.00519. The fourth-order valence-electron chi connectivity index (χ4n) is 14.0. The Kier molecular flexibility index (Phi) is 81.3. The van der Waals surface area contributed by atoms with Gasteiger partial charge in [-0.25, -0.2) is 0 Å². The molecule has 0 aliphatic heterocycles. The van der Waals surface area contributed by atoms with Crippen LogP contribution < -0.4 is 5.32 Å². The summed E-state index contributed by atoms with van der Waals surface area (Å²) in [5, 5.41) is 23.5. The summed E-state index contributed by atoms with van der Waals surface area (Å²) in [7, 11) is 0. The quantitative estimate of drug-likeness (QED) is 0.0320. The molecule has 0 aromatic heterocycles. The van der Waals surface area contributed by atoms with Crippen molar-refractivity contribution in [3.63, 3.8) is 0 Å². The van der Waals surface area contributed by atoms with Crippen molar-refractivity contribution in [3.05, 3.63) is 24.3 Å². The lowest BCUT2D eigenvalue weighted by molar-refractivity contribution is -0.143. The Hall–Kier alpha value is -1.66. The molecule has 1 amide bonds. The summed E-state index contributed by atoms with van der Waals surface area (Å²) < 4.78 is 5.52. The summed E-state index contributed by atoms with van der Waals surface area (Å²) >= 11 is 0. The van der Waals surface area contributed by atoms with Crippen molar-refractivity contribution in [2.75, 3.05) is 13.2 Å². The topological polar surface area (TPSA) is 95.9 Å². The first-order valence-corrected chi connectivity index (χ1v) is 43.1. The average molecular weight is 1310 g/mol. The summed E-state index contributed by atoms with van der Waals surface area (Å²) in [5.41, 5.74) is 0. The Labute approximate surface area is 583 Å². The molecule has 0 aliphatic rings. The molecule has 0 rings (SSSR count). The number of amides is 1. The minimum absolute atomic E-state index is 0.0188. The number of nitrogens with one attached hydrogen (secondary N) is 1. The number of rotatable bonds is 82. The Balaban J connectivity index is 3.32. The summed E-state index contributed by atoms with van der Waals surface area (Å²) in [6, 6.07) is -0.539. The number of aliphatic hydroxyl groups excluding tert-OH is 2. The lowest BCUT2D eigenvalue weighted by atomic mass is 10.0. The molecule has 0 saturated heterocycles. The molecule has 6 heteroatoms. The maximum atomic E-state index is 12.6. The van der Waals surface area contributed by atoms with E-state index >= 15 is 0 Å². The summed E-state index contributed by atoms with van der Waals surface area (Å²) in [4.78, 5) is 24.7. The van der Waals surface area contributed by atoms with Gasteiger partial charge >= 0.3 is 5.97 Å². The van der Waals surface area contributed by atoms with Gasteiger partial charge in [0.25, 0.3) is 0 Å². The zero-order valence-corrected chi connectivity index (χ0v) is 63.5. The van der Waals surface area contributed by atoms with Crippen LogP contribution in [0.2, 0.25) is 0 Å². The molecule has 2 atom stereocenters. The number of hydrogen-bond donors (Lipinski definition) is 3. The van der Waals surface area contributed by atoms with E-state index in [9.17, 15) is 19.8 Å². The maximum Gasteiger partial charge on any atom is 0.305 e. The van der Waals surface area contributed by atoms with Gasteiger partial charge in [-0.3, -0.25) is 9.59 Å². The fraction of sp³-hybridized carbons (Fsp3) is 0.931. The highest BCUT2D eigenvalue weighted by Gasteiger charge is 2.20. The third-order valence-corrected chi connectivity index (χ3v) is 20.5. The van der Waals surface area contributed by atoms with Crippen LogP contribution in [0.25, 0.3) is 0 Å². The number of carbonyl (C=O) groups is 2. The van der Waals surface area contributed by atoms with E-state index in [1.807, 2.05) is 0 Å². The van der Waals surface area contributed by atoms with Gasteiger partial charge in [-0.05, 0) is 57.8 Å². The van der Waals surface area contributed by atoms with Crippen molar-refractivity contribution in [3.8, 4) is 0 Å². The highest BCUT2D eigenvalue weighted by atomic mass is 16.5. The number of aliphatic hydroxyl groups is 2. The van der Waals surface area contributed by atoms with Gasteiger partial charge in [0.05, 0.1) is 25.4 Å². The van der Waals surface area contributed by atoms with Crippen LogP contribution >= 0.6 is 0 Å². The molecule has 0 bridgehead atoms. The Morgan fingerprint density at radius 2 is 0.538 bits per heavy atom. The molecule has 0 spiro atoms. The van der Waals surface area contributed by atoms with Crippen molar-refractivity contribution in [1.29, 1.82) is 0 Å². The molecule has 2 unspecified atom stereocenters. The first-order valence-electron chi connectivity index (χ1n) is 43.1. The van der Waals surface area contributed by atoms with E-state index in [2.05, 4.69) is 43.5 Å². The summed E-state index contributed by atoms with van der Waals surface area (Å²) in [6.07, 6.45) is 107. The fourth-order valence-corrected chi connectivity index (χ4v) is 14.0. The van der Waals surface area contributed by atoms with E-state index in [-0.39, 0.29) is 18.5 Å². The second-order valence-corrected chi connectivity index (χ2v) is 29.9. The highest BCUT2D eigenvalue weighted by Crippen LogP contribution is 2.21. The lowest BCUT2D eigenvalue weighted by Crippen LogP contribution is -2.45. The van der Waals surface area contributed by atoms with Gasteiger partial charge in [0.1, 0.15) is 0 Å². The van der Waals surface area contributed by atoms with Gasteiger partial charge in [-0.2, -0.15) is 0 Å². The predicted molar refractivity (Wildman–Crippen MR) is 412 cm³/mol. The normalized spacial score (nSPS) is 12.5. The molecule has 0 aromatic carbocycles. The van der Waals surface area contributed by atoms with Gasteiger partial charge in [0.2, 0.25) is 5.91 Å². The van der Waals surface area contributed by atoms with Gasteiger partial charge < -0.3 is 20.3 Å². The number of hydrogen-bond acceptors (Lipinski definition) is 5. The zero-order valence-electron chi connectivity index (χ0n) is 63.5. The minimum atomic E-state index is -0.663. The molecule has 0 saturated carbocycles. The van der Waals surface area contributed by atoms with E-state index < -0.39 is 12.1 Å². The standard InChI is InChI=1S/C87H169NO5/c1-3-5-7-9-11-13-15-17-19-21-23-24-25-34-37-40-44-47-51-55-59-63-67-71-75-79-85(90)84(83-89)88-86(91)80-76-72-68-64-60-56-52-48-45-41-38-35-32-30-28-26-27-29-31-33-36-39-42-46-50-54-58-62-66-70-74-78-82-93-87(92)81-77-73-69-65-61-57-53-49-43-22-20-18-16-14-12-10-8-6-4-2/h12,14,18,20,84-85,89-90H,3-11,13,15-17,19,21-83H2,1-2H3,(H,88,91)/b14-12-,20-18-. The molecule has 0 heterocycles. The smallest absolute Gasteiger partial charge is 0.305 e. The number of unbranched alkanes of at least 4 members (excludes halogenated alkanes) is 67. The van der Waals surface area contributed by atoms with E-state index in [0.717, 1.165) is 44.9 Å². The molecule has 0 radical (unpaired) electrons. The van der Waals surface area contributed by atoms with Crippen LogP contribution in [-0.2, 0) is 14.3 Å². The molecule has 0 aromatic rings. The SMILES string of the molecule is CCCCC/C=C\C/C=C\CCCCCCCCCCCC(=O)OCCCCCCCCCCCCCCCCCCCCCCCCCCCCCCCCCCC(=O)NC(CO)C(O)CCCCCCCCCCCCCCCCCCCCCCCCCCC. The second-order valence-electron chi connectivity index (χ2n) is 29.9. The van der Waals surface area contributed by atoms with Crippen molar-refractivity contribution < 1.29 is 24.5 Å². The van der Waals surface area contributed by atoms with Gasteiger partial charge in [0.15, 0.2) is 0 Å². The van der Waals surface area contributed by atoms with Crippen molar-refractivity contribution in [1.82, 2.24) is 5.32 Å². The molecule has 0 fully saturated rings. The molecule has 6 nitrogen and oxygen atoms in total. The maximum absolute atomic E-state index is 12.6. The Morgan fingerprint density at radius 1 is 0.301 bits per heavy atom. The van der Waals surface area contributed by atoms with Gasteiger partial charge in [-0.1, -0.05) is 449 Å². The minimum Gasteiger partial charge on any atom is -0.466 e. The van der Waals surface area contributed by atoms with E-state index in [4.69, 9.17) is 4.74 Å². The number of allylic oxidation sites excluding steroid dienone is 4. The van der Waals surface area contributed by atoms with Gasteiger partial charge in [0, 0.05) is 12.8 Å². The van der Waals surface area contributed by atoms with Crippen molar-refractivity contribution in [2.24, 2.45) is 0 Å². The monoisotopic (exact) mass is 1310 g/mol. The highest BCUT2D eigenvalue weighted by molar-refractivity contribution is 5.76. The molecule has 3 N–H and O–H groups in total. The van der Waals surface area contributed by atoms with E-state index in [1.54, 1.807) is 0 Å². The summed E-state index contributed by atoms with van der Waals surface area (Å²) in [6.45, 7) is 4.99. The predicted octanol–water partition coefficient (Wildman–Crippen LogP) is 28.8. The first-order chi connectivity index (χ1) is 46.0. The molecular weight excluding hydrogens is 1140 g/mol.